The summed E-state index contributed by atoms with van der Waals surface area (Å²) in [4.78, 5) is 36.9. The highest BCUT2D eigenvalue weighted by atomic mass is 35.5. The summed E-state index contributed by atoms with van der Waals surface area (Å²) in [6.07, 6.45) is 1.49. The summed E-state index contributed by atoms with van der Waals surface area (Å²) >= 11 is 6.10. The van der Waals surface area contributed by atoms with Crippen molar-refractivity contribution in [2.75, 3.05) is 12.4 Å². The second kappa shape index (κ2) is 10.3. The maximum Gasteiger partial charge on any atom is 0.335 e. The van der Waals surface area contributed by atoms with E-state index in [0.29, 0.717) is 11.3 Å². The molecule has 0 aliphatic rings. The lowest BCUT2D eigenvalue weighted by molar-refractivity contribution is -0.113. The fourth-order valence-electron chi connectivity index (χ4n) is 2.79. The summed E-state index contributed by atoms with van der Waals surface area (Å²) in [7, 11) is 1.54. The third-order valence-electron chi connectivity index (χ3n) is 4.41. The zero-order valence-electron chi connectivity index (χ0n) is 17.0. The monoisotopic (exact) mass is 450 g/mol. The average molecular weight is 451 g/mol. The van der Waals surface area contributed by atoms with Crippen LogP contribution in [0.25, 0.3) is 6.08 Å². The highest BCUT2D eigenvalue weighted by molar-refractivity contribution is 6.34. The first kappa shape index (κ1) is 22.6. The number of carboxylic acid groups (broad SMARTS) is 1. The molecule has 0 atom stereocenters. The number of aromatic carboxylic acids is 1. The van der Waals surface area contributed by atoms with Crippen molar-refractivity contribution in [2.24, 2.45) is 0 Å². The van der Waals surface area contributed by atoms with E-state index >= 15 is 0 Å². The molecule has 0 saturated heterocycles. The van der Waals surface area contributed by atoms with Gasteiger partial charge in [-0.1, -0.05) is 41.9 Å². The summed E-state index contributed by atoms with van der Waals surface area (Å²) in [5.74, 6) is -1.69. The van der Waals surface area contributed by atoms with Gasteiger partial charge in [-0.05, 0) is 54.1 Å². The van der Waals surface area contributed by atoms with E-state index < -0.39 is 17.8 Å². The van der Waals surface area contributed by atoms with Crippen molar-refractivity contribution in [3.05, 3.63) is 100 Å². The molecule has 8 heteroatoms. The number of carboxylic acids is 1. The Bertz CT molecular complexity index is 1190. The molecule has 7 nitrogen and oxygen atoms in total. The van der Waals surface area contributed by atoms with Gasteiger partial charge in [0.05, 0.1) is 23.3 Å². The molecule has 0 bridgehead atoms. The van der Waals surface area contributed by atoms with Crippen molar-refractivity contribution in [1.29, 1.82) is 0 Å². The van der Waals surface area contributed by atoms with Gasteiger partial charge in [0, 0.05) is 5.69 Å². The molecule has 0 aliphatic heterocycles. The van der Waals surface area contributed by atoms with Gasteiger partial charge in [-0.3, -0.25) is 9.59 Å². The van der Waals surface area contributed by atoms with Gasteiger partial charge < -0.3 is 20.5 Å². The number of carbonyl (C=O) groups is 3. The maximum atomic E-state index is 13.0. The van der Waals surface area contributed by atoms with Crippen LogP contribution in [0.4, 0.5) is 5.69 Å². The summed E-state index contributed by atoms with van der Waals surface area (Å²) in [5.41, 5.74) is 1.07. The van der Waals surface area contributed by atoms with E-state index in [-0.39, 0.29) is 27.5 Å². The predicted molar refractivity (Wildman–Crippen MR) is 122 cm³/mol. The largest absolute Gasteiger partial charge is 0.497 e. The second-order valence-corrected chi connectivity index (χ2v) is 7.01. The molecule has 2 amide bonds. The molecule has 0 unspecified atom stereocenters. The van der Waals surface area contributed by atoms with Crippen LogP contribution < -0.4 is 15.4 Å². The van der Waals surface area contributed by atoms with Crippen LogP contribution in [0.3, 0.4) is 0 Å². The van der Waals surface area contributed by atoms with Gasteiger partial charge in [0.2, 0.25) is 0 Å². The Morgan fingerprint density at radius 1 is 0.969 bits per heavy atom. The number of anilines is 1. The minimum atomic E-state index is -1.12. The van der Waals surface area contributed by atoms with E-state index in [1.807, 2.05) is 0 Å². The second-order valence-electron chi connectivity index (χ2n) is 6.61. The van der Waals surface area contributed by atoms with E-state index in [9.17, 15) is 14.4 Å². The van der Waals surface area contributed by atoms with Gasteiger partial charge in [-0.15, -0.1) is 0 Å². The van der Waals surface area contributed by atoms with Crippen LogP contribution in [0.15, 0.2) is 78.5 Å². The number of hydrogen-bond acceptors (Lipinski definition) is 4. The first-order chi connectivity index (χ1) is 15.4. The number of nitrogens with one attached hydrogen (secondary N) is 2. The molecule has 0 aromatic heterocycles. The molecule has 3 aromatic rings. The molecule has 0 aliphatic carbocycles. The number of benzene rings is 3. The third-order valence-corrected chi connectivity index (χ3v) is 4.74. The molecule has 162 valence electrons. The normalized spacial score (nSPS) is 10.9. The van der Waals surface area contributed by atoms with Gasteiger partial charge in [-0.2, -0.15) is 0 Å². The summed E-state index contributed by atoms with van der Waals surface area (Å²) in [6, 6.07) is 19.1. The molecule has 0 fully saturated rings. The Morgan fingerprint density at radius 2 is 1.69 bits per heavy atom. The molecule has 3 aromatic carbocycles. The van der Waals surface area contributed by atoms with Crippen molar-refractivity contribution in [3.63, 3.8) is 0 Å². The van der Waals surface area contributed by atoms with Gasteiger partial charge >= 0.3 is 5.97 Å². The molecule has 0 heterocycles. The average Bonchev–Trinajstić information content (AvgIpc) is 2.79. The minimum Gasteiger partial charge on any atom is -0.497 e. The summed E-state index contributed by atoms with van der Waals surface area (Å²) in [6.45, 7) is 0. The van der Waals surface area contributed by atoms with Crippen LogP contribution in [0, 0.1) is 0 Å². The Balaban J connectivity index is 1.91. The molecule has 3 rings (SSSR count). The van der Waals surface area contributed by atoms with E-state index in [0.717, 1.165) is 0 Å². The van der Waals surface area contributed by atoms with E-state index in [1.165, 1.54) is 30.3 Å². The van der Waals surface area contributed by atoms with Crippen molar-refractivity contribution in [1.82, 2.24) is 5.32 Å². The fourth-order valence-corrected chi connectivity index (χ4v) is 3.01. The van der Waals surface area contributed by atoms with Crippen LogP contribution in [0.1, 0.15) is 26.3 Å². The topological polar surface area (TPSA) is 105 Å². The van der Waals surface area contributed by atoms with E-state index in [1.54, 1.807) is 55.6 Å². The third kappa shape index (κ3) is 5.74. The van der Waals surface area contributed by atoms with Crippen molar-refractivity contribution in [2.45, 2.75) is 0 Å². The number of rotatable bonds is 7. The molecule has 0 saturated carbocycles. The number of halogens is 1. The van der Waals surface area contributed by atoms with Crippen LogP contribution in [-0.4, -0.2) is 30.0 Å². The Hall–Kier alpha value is -4.10. The van der Waals surface area contributed by atoms with E-state index in [2.05, 4.69) is 10.6 Å². The van der Waals surface area contributed by atoms with Gasteiger partial charge in [0.15, 0.2) is 0 Å². The maximum absolute atomic E-state index is 13.0. The van der Waals surface area contributed by atoms with Crippen molar-refractivity contribution in [3.8, 4) is 5.75 Å². The summed E-state index contributed by atoms with van der Waals surface area (Å²) in [5, 5.41) is 14.6. The quantitative estimate of drug-likeness (QED) is 0.461. The Morgan fingerprint density at radius 3 is 2.34 bits per heavy atom. The zero-order chi connectivity index (χ0) is 23.1. The SMILES string of the molecule is COc1ccc(/C=C(\NC(=O)c2ccccc2Cl)C(=O)Nc2cccc(C(=O)O)c2)cc1. The van der Waals surface area contributed by atoms with Crippen LogP contribution in [0.5, 0.6) is 5.75 Å². The van der Waals surface area contributed by atoms with Crippen molar-refractivity contribution < 1.29 is 24.2 Å². The lowest BCUT2D eigenvalue weighted by Crippen LogP contribution is -2.31. The molecular formula is C24H19ClN2O5. The van der Waals surface area contributed by atoms with Crippen LogP contribution >= 0.6 is 11.6 Å². The van der Waals surface area contributed by atoms with Gasteiger partial charge in [0.1, 0.15) is 11.4 Å². The van der Waals surface area contributed by atoms with Crippen molar-refractivity contribution >= 4 is 41.1 Å². The Kier molecular flexibility index (Phi) is 7.25. The van der Waals surface area contributed by atoms with Crippen LogP contribution in [0.2, 0.25) is 5.02 Å². The summed E-state index contributed by atoms with van der Waals surface area (Å²) < 4.78 is 5.13. The molecule has 0 radical (unpaired) electrons. The highest BCUT2D eigenvalue weighted by Gasteiger charge is 2.17. The lowest BCUT2D eigenvalue weighted by atomic mass is 10.1. The Labute approximate surface area is 189 Å². The molecule has 3 N–H and O–H groups in total. The molecule has 32 heavy (non-hydrogen) atoms. The minimum absolute atomic E-state index is 0.0172. The standard InChI is InChI=1S/C24H19ClN2O5/c1-32-18-11-9-15(10-12-18)13-21(27-22(28)19-7-2-3-8-20(19)25)23(29)26-17-6-4-5-16(14-17)24(30)31/h2-14H,1H3,(H,26,29)(H,27,28)(H,30,31)/b21-13-. The number of methoxy groups -OCH3 is 1. The van der Waals surface area contributed by atoms with Gasteiger partial charge in [-0.25, -0.2) is 4.79 Å². The highest BCUT2D eigenvalue weighted by Crippen LogP contribution is 2.18. The predicted octanol–water partition coefficient (Wildman–Crippen LogP) is 4.46. The first-order valence-corrected chi connectivity index (χ1v) is 9.81. The number of hydrogen-bond donors (Lipinski definition) is 3. The smallest absolute Gasteiger partial charge is 0.335 e. The zero-order valence-corrected chi connectivity index (χ0v) is 17.7. The molecule has 0 spiro atoms. The van der Waals surface area contributed by atoms with E-state index in [4.69, 9.17) is 21.4 Å². The lowest BCUT2D eigenvalue weighted by Gasteiger charge is -2.12. The fraction of sp³-hybridized carbons (Fsp3) is 0.0417. The number of ether oxygens (including phenoxy) is 1. The molecular weight excluding hydrogens is 432 g/mol. The number of amides is 2. The number of carbonyl (C=O) groups excluding carboxylic acids is 2. The first-order valence-electron chi connectivity index (χ1n) is 9.43. The van der Waals surface area contributed by atoms with Crippen LogP contribution in [-0.2, 0) is 4.79 Å². The van der Waals surface area contributed by atoms with Gasteiger partial charge in [0.25, 0.3) is 11.8 Å².